The Morgan fingerprint density at radius 3 is 2.69 bits per heavy atom. The molecule has 0 atom stereocenters. The Hall–Kier alpha value is -3.07. The zero-order valence-electron chi connectivity index (χ0n) is 17.3. The summed E-state index contributed by atoms with van der Waals surface area (Å²) >= 11 is 6.08. The second-order valence-electron chi connectivity index (χ2n) is 7.75. The fraction of sp³-hybridized carbons (Fsp3) is 0.261. The quantitative estimate of drug-likeness (QED) is 0.481. The molecular weight excluding hydrogens is 431 g/mol. The van der Waals surface area contributed by atoms with Crippen LogP contribution in [0.15, 0.2) is 48.8 Å². The van der Waals surface area contributed by atoms with E-state index in [1.807, 2.05) is 24.4 Å². The van der Waals surface area contributed by atoms with E-state index in [-0.39, 0.29) is 6.61 Å². The Balaban J connectivity index is 1.47. The van der Waals surface area contributed by atoms with Crippen molar-refractivity contribution in [2.75, 3.05) is 44.2 Å². The van der Waals surface area contributed by atoms with Gasteiger partial charge >= 0.3 is 0 Å². The zero-order valence-corrected chi connectivity index (χ0v) is 18.1. The van der Waals surface area contributed by atoms with Gasteiger partial charge in [-0.15, -0.1) is 0 Å². The van der Waals surface area contributed by atoms with Crippen LogP contribution in [0.25, 0.3) is 33.5 Å². The number of piperazine rings is 1. The number of aromatic amines is 1. The molecule has 0 unspecified atom stereocenters. The average Bonchev–Trinajstić information content (AvgIpc) is 3.30. The van der Waals surface area contributed by atoms with Crippen LogP contribution in [-0.2, 0) is 0 Å². The highest BCUT2D eigenvalue weighted by molar-refractivity contribution is 6.30. The molecule has 7 nitrogen and oxygen atoms in total. The van der Waals surface area contributed by atoms with Crippen LogP contribution in [-0.4, -0.2) is 69.5 Å². The molecule has 1 aromatic carbocycles. The number of fused-ring (bicyclic) bond motifs is 1. The molecule has 1 aliphatic heterocycles. The number of halogens is 2. The van der Waals surface area contributed by atoms with E-state index in [2.05, 4.69) is 25.0 Å². The van der Waals surface area contributed by atoms with Gasteiger partial charge in [-0.25, -0.2) is 9.37 Å². The number of aromatic nitrogens is 4. The molecule has 0 aliphatic carbocycles. The minimum absolute atomic E-state index is 0.180. The number of anilines is 1. The molecule has 0 spiro atoms. The molecule has 0 radical (unpaired) electrons. The number of pyridine rings is 2. The van der Waals surface area contributed by atoms with Crippen LogP contribution in [0.1, 0.15) is 0 Å². The number of H-pyrrole nitrogens is 1. The lowest BCUT2D eigenvalue weighted by atomic mass is 10.0. The Morgan fingerprint density at radius 1 is 1.03 bits per heavy atom. The van der Waals surface area contributed by atoms with Gasteiger partial charge in [0.2, 0.25) is 0 Å². The summed E-state index contributed by atoms with van der Waals surface area (Å²) < 4.78 is 14.5. The summed E-state index contributed by atoms with van der Waals surface area (Å²) in [7, 11) is 0. The Bertz CT molecular complexity index is 1250. The van der Waals surface area contributed by atoms with E-state index < -0.39 is 5.82 Å². The molecule has 164 valence electrons. The monoisotopic (exact) mass is 452 g/mol. The molecular formula is C23H22ClFN6O. The summed E-state index contributed by atoms with van der Waals surface area (Å²) in [6.07, 6.45) is 3.58. The first-order valence-corrected chi connectivity index (χ1v) is 10.8. The molecule has 1 aliphatic rings. The lowest BCUT2D eigenvalue weighted by molar-refractivity contribution is 0.189. The minimum atomic E-state index is -0.396. The number of β-amino-alcohol motifs (C(OH)–C–C–N with tert-alkyl or cyclic N) is 1. The van der Waals surface area contributed by atoms with Gasteiger partial charge in [0.05, 0.1) is 35.2 Å². The number of rotatable bonds is 5. The molecule has 1 fully saturated rings. The van der Waals surface area contributed by atoms with Crippen molar-refractivity contribution in [3.63, 3.8) is 0 Å². The molecule has 0 saturated carbocycles. The maximum absolute atomic E-state index is 14.5. The van der Waals surface area contributed by atoms with Crippen molar-refractivity contribution in [1.29, 1.82) is 0 Å². The zero-order chi connectivity index (χ0) is 22.1. The SMILES string of the molecule is OCCN1CCN(c2cnc3ccc(-c4c[nH]nc4-c4cc(Cl)ccc4F)nc3c2)CC1. The Morgan fingerprint density at radius 2 is 1.88 bits per heavy atom. The van der Waals surface area contributed by atoms with Gasteiger partial charge in [-0.1, -0.05) is 11.6 Å². The number of benzene rings is 1. The van der Waals surface area contributed by atoms with Gasteiger partial charge in [0.15, 0.2) is 0 Å². The molecule has 0 bridgehead atoms. The molecule has 3 aromatic heterocycles. The number of hydrogen-bond donors (Lipinski definition) is 2. The van der Waals surface area contributed by atoms with Gasteiger partial charge < -0.3 is 10.0 Å². The summed E-state index contributed by atoms with van der Waals surface area (Å²) in [5.74, 6) is -0.396. The maximum atomic E-state index is 14.5. The third kappa shape index (κ3) is 4.04. The number of hydrogen-bond acceptors (Lipinski definition) is 6. The molecule has 5 rings (SSSR count). The van der Waals surface area contributed by atoms with Crippen molar-refractivity contribution in [2.24, 2.45) is 0 Å². The highest BCUT2D eigenvalue weighted by atomic mass is 35.5. The predicted octanol–water partition coefficient (Wildman–Crippen LogP) is 3.59. The normalized spacial score (nSPS) is 14.9. The van der Waals surface area contributed by atoms with Crippen LogP contribution in [0.5, 0.6) is 0 Å². The first-order valence-electron chi connectivity index (χ1n) is 10.5. The molecule has 2 N–H and O–H groups in total. The van der Waals surface area contributed by atoms with Crippen LogP contribution in [0, 0.1) is 5.82 Å². The summed E-state index contributed by atoms with van der Waals surface area (Å²) in [4.78, 5) is 13.9. The topological polar surface area (TPSA) is 81.2 Å². The van der Waals surface area contributed by atoms with E-state index in [0.717, 1.165) is 42.9 Å². The lowest BCUT2D eigenvalue weighted by Gasteiger charge is -2.35. The second-order valence-corrected chi connectivity index (χ2v) is 8.19. The fourth-order valence-electron chi connectivity index (χ4n) is 4.06. The van der Waals surface area contributed by atoms with E-state index in [9.17, 15) is 4.39 Å². The average molecular weight is 453 g/mol. The number of aliphatic hydroxyl groups is 1. The summed E-state index contributed by atoms with van der Waals surface area (Å²) in [5, 5.41) is 16.6. The molecule has 32 heavy (non-hydrogen) atoms. The van der Waals surface area contributed by atoms with E-state index >= 15 is 0 Å². The van der Waals surface area contributed by atoms with Crippen molar-refractivity contribution in [3.05, 3.63) is 59.6 Å². The number of nitrogens with one attached hydrogen (secondary N) is 1. The van der Waals surface area contributed by atoms with Crippen LogP contribution < -0.4 is 4.90 Å². The predicted molar refractivity (Wildman–Crippen MR) is 123 cm³/mol. The summed E-state index contributed by atoms with van der Waals surface area (Å²) in [6.45, 7) is 4.42. The Kier molecular flexibility index (Phi) is 5.73. The van der Waals surface area contributed by atoms with Crippen LogP contribution in [0.3, 0.4) is 0 Å². The maximum Gasteiger partial charge on any atom is 0.132 e. The second kappa shape index (κ2) is 8.82. The van der Waals surface area contributed by atoms with Crippen LogP contribution in [0.4, 0.5) is 10.1 Å². The smallest absolute Gasteiger partial charge is 0.132 e. The molecule has 9 heteroatoms. The van der Waals surface area contributed by atoms with Gasteiger partial charge in [-0.2, -0.15) is 5.10 Å². The highest BCUT2D eigenvalue weighted by Gasteiger charge is 2.19. The van der Waals surface area contributed by atoms with Crippen molar-refractivity contribution in [3.8, 4) is 22.5 Å². The van der Waals surface area contributed by atoms with E-state index in [1.54, 1.807) is 12.3 Å². The third-order valence-electron chi connectivity index (χ3n) is 5.78. The van der Waals surface area contributed by atoms with Crippen molar-refractivity contribution >= 4 is 28.3 Å². The van der Waals surface area contributed by atoms with Crippen LogP contribution in [0.2, 0.25) is 5.02 Å². The van der Waals surface area contributed by atoms with Gasteiger partial charge in [-0.3, -0.25) is 15.0 Å². The van der Waals surface area contributed by atoms with Crippen molar-refractivity contribution < 1.29 is 9.50 Å². The largest absolute Gasteiger partial charge is 0.395 e. The van der Waals surface area contributed by atoms with Crippen LogP contribution >= 0.6 is 11.6 Å². The highest BCUT2D eigenvalue weighted by Crippen LogP contribution is 2.33. The number of aliphatic hydroxyl groups excluding tert-OH is 1. The van der Waals surface area contributed by atoms with E-state index in [1.165, 1.54) is 12.1 Å². The Labute approximate surface area is 189 Å². The third-order valence-corrected chi connectivity index (χ3v) is 6.01. The van der Waals surface area contributed by atoms with Gasteiger partial charge in [0.25, 0.3) is 0 Å². The summed E-state index contributed by atoms with van der Waals surface area (Å²) in [5.41, 5.74) is 4.71. The fourth-order valence-corrected chi connectivity index (χ4v) is 4.23. The first kappa shape index (κ1) is 20.8. The molecule has 1 saturated heterocycles. The number of nitrogens with zero attached hydrogens (tertiary/aromatic N) is 5. The standard InChI is InChI=1S/C23H22ClFN6O/c24-15-1-2-19(25)17(11-15)23-18(14-27-29-23)20-3-4-21-22(28-20)12-16(13-26-21)31-7-5-30(6-8-31)9-10-32/h1-4,11-14,32H,5-10H2,(H,27,29). The lowest BCUT2D eigenvalue weighted by Crippen LogP contribution is -2.47. The van der Waals surface area contributed by atoms with E-state index in [0.29, 0.717) is 34.1 Å². The molecule has 0 amide bonds. The summed E-state index contributed by atoms with van der Waals surface area (Å²) in [6, 6.07) is 10.2. The first-order chi connectivity index (χ1) is 15.6. The van der Waals surface area contributed by atoms with Gasteiger partial charge in [0, 0.05) is 55.1 Å². The van der Waals surface area contributed by atoms with Gasteiger partial charge in [0.1, 0.15) is 11.5 Å². The van der Waals surface area contributed by atoms with Crippen molar-refractivity contribution in [2.45, 2.75) is 0 Å². The molecule has 4 aromatic rings. The minimum Gasteiger partial charge on any atom is -0.395 e. The van der Waals surface area contributed by atoms with Gasteiger partial charge in [-0.05, 0) is 36.4 Å². The molecule has 4 heterocycles. The van der Waals surface area contributed by atoms with Crippen molar-refractivity contribution in [1.82, 2.24) is 25.1 Å². The van der Waals surface area contributed by atoms with E-state index in [4.69, 9.17) is 21.7 Å².